The van der Waals surface area contributed by atoms with Crippen molar-refractivity contribution < 1.29 is 19.1 Å². The van der Waals surface area contributed by atoms with Crippen molar-refractivity contribution in [3.05, 3.63) is 35.9 Å². The summed E-state index contributed by atoms with van der Waals surface area (Å²) in [5.41, 5.74) is 0.899. The molecule has 0 fully saturated rings. The zero-order valence-corrected chi connectivity index (χ0v) is 11.0. The number of hydrogen-bond acceptors (Lipinski definition) is 4. The maximum atomic E-state index is 11.4. The Morgan fingerprint density at radius 2 is 1.95 bits per heavy atom. The van der Waals surface area contributed by atoms with Crippen molar-refractivity contribution in [1.29, 1.82) is 0 Å². The summed E-state index contributed by atoms with van der Waals surface area (Å²) in [7, 11) is 1.60. The van der Waals surface area contributed by atoms with E-state index in [1.54, 1.807) is 13.2 Å². The molecule has 0 spiro atoms. The molecular weight excluding hydrogens is 246 g/mol. The molecule has 0 saturated heterocycles. The Hall–Kier alpha value is -2.30. The second kappa shape index (κ2) is 7.92. The zero-order chi connectivity index (χ0) is 14.1. The predicted molar refractivity (Wildman–Crippen MR) is 71.7 cm³/mol. The summed E-state index contributed by atoms with van der Waals surface area (Å²) in [4.78, 5) is 21.9. The van der Waals surface area contributed by atoms with Crippen molar-refractivity contribution >= 4 is 18.0 Å². The van der Waals surface area contributed by atoms with Crippen LogP contribution in [0.5, 0.6) is 5.75 Å². The van der Waals surface area contributed by atoms with Gasteiger partial charge in [0.1, 0.15) is 12.4 Å². The van der Waals surface area contributed by atoms with Gasteiger partial charge in [0.2, 0.25) is 5.91 Å². The normalized spacial score (nSPS) is 10.2. The van der Waals surface area contributed by atoms with E-state index < -0.39 is 0 Å². The number of methoxy groups -OCH3 is 1. The second-order valence-corrected chi connectivity index (χ2v) is 3.74. The van der Waals surface area contributed by atoms with Crippen LogP contribution in [0.2, 0.25) is 0 Å². The Balaban J connectivity index is 2.34. The van der Waals surface area contributed by atoms with E-state index in [-0.39, 0.29) is 18.5 Å². The van der Waals surface area contributed by atoms with E-state index in [0.29, 0.717) is 6.54 Å². The van der Waals surface area contributed by atoms with E-state index in [9.17, 15) is 9.59 Å². The molecule has 0 heterocycles. The van der Waals surface area contributed by atoms with Crippen LogP contribution in [-0.4, -0.2) is 32.1 Å². The highest BCUT2D eigenvalue weighted by molar-refractivity contribution is 5.91. The summed E-state index contributed by atoms with van der Waals surface area (Å²) in [6.07, 6.45) is 3.12. The Morgan fingerprint density at radius 3 is 2.53 bits per heavy atom. The molecule has 1 amide bonds. The van der Waals surface area contributed by atoms with Crippen LogP contribution < -0.4 is 10.1 Å². The number of esters is 1. The summed E-state index contributed by atoms with van der Waals surface area (Å²) in [5, 5.41) is 2.60. The second-order valence-electron chi connectivity index (χ2n) is 3.74. The van der Waals surface area contributed by atoms with E-state index in [1.807, 2.05) is 24.3 Å². The number of nitrogens with one attached hydrogen (secondary N) is 1. The molecule has 0 saturated carbocycles. The highest BCUT2D eigenvalue weighted by Gasteiger charge is 1.96. The minimum atomic E-state index is -0.358. The van der Waals surface area contributed by atoms with Crippen molar-refractivity contribution in [3.63, 3.8) is 0 Å². The predicted octanol–water partition coefficient (Wildman–Crippen LogP) is 1.39. The lowest BCUT2D eigenvalue weighted by Gasteiger charge is -2.02. The summed E-state index contributed by atoms with van der Waals surface area (Å²) < 4.78 is 9.72. The number of ether oxygens (including phenoxy) is 2. The number of rotatable bonds is 6. The van der Waals surface area contributed by atoms with E-state index in [0.717, 1.165) is 11.3 Å². The van der Waals surface area contributed by atoms with Crippen molar-refractivity contribution in [2.24, 2.45) is 0 Å². The lowest BCUT2D eigenvalue weighted by atomic mass is 10.2. The molecule has 1 N–H and O–H groups in total. The summed E-state index contributed by atoms with van der Waals surface area (Å²) in [6.45, 7) is 1.80. The molecule has 0 unspecified atom stereocenters. The van der Waals surface area contributed by atoms with E-state index in [1.165, 1.54) is 13.0 Å². The monoisotopic (exact) mass is 263 g/mol. The SMILES string of the molecule is COc1ccc(/C=C/C(=O)NCCOC(C)=O)cc1. The fourth-order valence-electron chi connectivity index (χ4n) is 1.31. The minimum Gasteiger partial charge on any atom is -0.497 e. The molecule has 1 aromatic carbocycles. The standard InChI is InChI=1S/C14H17NO4/c1-11(16)19-10-9-15-14(17)8-5-12-3-6-13(18-2)7-4-12/h3-8H,9-10H2,1-2H3,(H,15,17)/b8-5+. The van der Waals surface area contributed by atoms with Gasteiger partial charge in [-0.25, -0.2) is 0 Å². The van der Waals surface area contributed by atoms with Gasteiger partial charge in [0, 0.05) is 13.0 Å². The van der Waals surface area contributed by atoms with Gasteiger partial charge in [-0.2, -0.15) is 0 Å². The average Bonchev–Trinajstić information content (AvgIpc) is 2.41. The topological polar surface area (TPSA) is 64.6 Å². The largest absolute Gasteiger partial charge is 0.497 e. The number of carbonyl (C=O) groups is 2. The van der Waals surface area contributed by atoms with Gasteiger partial charge in [-0.3, -0.25) is 9.59 Å². The molecule has 5 nitrogen and oxygen atoms in total. The van der Waals surface area contributed by atoms with Crippen molar-refractivity contribution in [3.8, 4) is 5.75 Å². The van der Waals surface area contributed by atoms with Gasteiger partial charge >= 0.3 is 5.97 Å². The molecule has 0 aliphatic rings. The van der Waals surface area contributed by atoms with Gasteiger partial charge in [0.05, 0.1) is 13.7 Å². The van der Waals surface area contributed by atoms with Crippen molar-refractivity contribution in [2.45, 2.75) is 6.92 Å². The Kier molecular flexibility index (Phi) is 6.15. The molecule has 1 aromatic rings. The molecule has 0 atom stereocenters. The Labute approximate surface area is 112 Å². The Bertz CT molecular complexity index is 451. The minimum absolute atomic E-state index is 0.178. The highest BCUT2D eigenvalue weighted by Crippen LogP contribution is 2.11. The summed E-state index contributed by atoms with van der Waals surface area (Å²) in [6, 6.07) is 7.33. The van der Waals surface area contributed by atoms with Gasteiger partial charge in [0.15, 0.2) is 0 Å². The van der Waals surface area contributed by atoms with Gasteiger partial charge in [-0.05, 0) is 23.8 Å². The third kappa shape index (κ3) is 6.26. The number of benzene rings is 1. The van der Waals surface area contributed by atoms with Crippen LogP contribution in [0.4, 0.5) is 0 Å². The van der Waals surface area contributed by atoms with Crippen LogP contribution in [-0.2, 0) is 14.3 Å². The summed E-state index contributed by atoms with van der Waals surface area (Å²) in [5.74, 6) is 0.175. The third-order valence-electron chi connectivity index (χ3n) is 2.25. The molecule has 0 radical (unpaired) electrons. The van der Waals surface area contributed by atoms with E-state index in [2.05, 4.69) is 10.1 Å². The first-order valence-corrected chi connectivity index (χ1v) is 5.85. The quantitative estimate of drug-likeness (QED) is 0.478. The van der Waals surface area contributed by atoms with Crippen LogP contribution in [0.25, 0.3) is 6.08 Å². The fraction of sp³-hybridized carbons (Fsp3) is 0.286. The molecular formula is C14H17NO4. The fourth-order valence-corrected chi connectivity index (χ4v) is 1.31. The van der Waals surface area contributed by atoms with Crippen LogP contribution in [0, 0.1) is 0 Å². The average molecular weight is 263 g/mol. The van der Waals surface area contributed by atoms with Crippen LogP contribution in [0.1, 0.15) is 12.5 Å². The maximum Gasteiger partial charge on any atom is 0.302 e. The molecule has 1 rings (SSSR count). The molecule has 0 aliphatic carbocycles. The van der Waals surface area contributed by atoms with E-state index in [4.69, 9.17) is 4.74 Å². The maximum absolute atomic E-state index is 11.4. The first kappa shape index (κ1) is 14.8. The van der Waals surface area contributed by atoms with Crippen LogP contribution >= 0.6 is 0 Å². The first-order chi connectivity index (χ1) is 9.11. The molecule has 0 aliphatic heterocycles. The Morgan fingerprint density at radius 1 is 1.26 bits per heavy atom. The first-order valence-electron chi connectivity index (χ1n) is 5.85. The molecule has 0 bridgehead atoms. The zero-order valence-electron chi connectivity index (χ0n) is 11.0. The molecule has 5 heteroatoms. The van der Waals surface area contributed by atoms with Crippen molar-refractivity contribution in [1.82, 2.24) is 5.32 Å². The van der Waals surface area contributed by atoms with Gasteiger partial charge in [0.25, 0.3) is 0 Å². The number of amides is 1. The molecule has 0 aromatic heterocycles. The van der Waals surface area contributed by atoms with Gasteiger partial charge in [-0.15, -0.1) is 0 Å². The number of hydrogen-bond donors (Lipinski definition) is 1. The van der Waals surface area contributed by atoms with Crippen LogP contribution in [0.3, 0.4) is 0 Å². The summed E-state index contributed by atoms with van der Waals surface area (Å²) >= 11 is 0. The highest BCUT2D eigenvalue weighted by atomic mass is 16.5. The lowest BCUT2D eigenvalue weighted by Crippen LogP contribution is -2.25. The molecule has 102 valence electrons. The molecule has 19 heavy (non-hydrogen) atoms. The van der Waals surface area contributed by atoms with E-state index >= 15 is 0 Å². The van der Waals surface area contributed by atoms with Crippen molar-refractivity contribution in [2.75, 3.05) is 20.3 Å². The number of carbonyl (C=O) groups excluding carboxylic acids is 2. The van der Waals surface area contributed by atoms with Gasteiger partial charge in [-0.1, -0.05) is 12.1 Å². The lowest BCUT2D eigenvalue weighted by molar-refractivity contribution is -0.141. The third-order valence-corrected chi connectivity index (χ3v) is 2.25. The van der Waals surface area contributed by atoms with Gasteiger partial charge < -0.3 is 14.8 Å². The smallest absolute Gasteiger partial charge is 0.302 e. The van der Waals surface area contributed by atoms with Crippen LogP contribution in [0.15, 0.2) is 30.3 Å².